The highest BCUT2D eigenvalue weighted by molar-refractivity contribution is 6.07. The lowest BCUT2D eigenvalue weighted by molar-refractivity contribution is 0.101. The number of aromatic nitrogens is 4. The van der Waals surface area contributed by atoms with Gasteiger partial charge in [0.25, 0.3) is 5.91 Å². The van der Waals surface area contributed by atoms with Crippen LogP contribution in [0.4, 0.5) is 11.4 Å². The summed E-state index contributed by atoms with van der Waals surface area (Å²) in [6, 6.07) is 0. The van der Waals surface area contributed by atoms with Crippen LogP contribution in [0.1, 0.15) is 34.5 Å². The third-order valence-electron chi connectivity index (χ3n) is 3.05. The summed E-state index contributed by atoms with van der Waals surface area (Å²) in [7, 11) is 0. The summed E-state index contributed by atoms with van der Waals surface area (Å²) in [5, 5.41) is 13.9. The first-order valence-corrected chi connectivity index (χ1v) is 6.11. The molecular formula is C12H18N6O. The highest BCUT2D eigenvalue weighted by atomic mass is 16.2. The molecule has 1 amide bonds. The van der Waals surface area contributed by atoms with Crippen molar-refractivity contribution in [3.63, 3.8) is 0 Å². The van der Waals surface area contributed by atoms with Crippen LogP contribution in [0.25, 0.3) is 0 Å². The number of nitrogens with one attached hydrogen (secondary N) is 2. The molecule has 2 heterocycles. The van der Waals surface area contributed by atoms with Gasteiger partial charge in [0.15, 0.2) is 0 Å². The molecule has 0 atom stereocenters. The van der Waals surface area contributed by atoms with Crippen LogP contribution in [-0.2, 0) is 6.54 Å². The second-order valence-electron chi connectivity index (χ2n) is 4.43. The molecule has 102 valence electrons. The van der Waals surface area contributed by atoms with Crippen molar-refractivity contribution in [2.24, 2.45) is 0 Å². The Kier molecular flexibility index (Phi) is 3.28. The number of nitrogens with two attached hydrogens (primary N) is 1. The fourth-order valence-electron chi connectivity index (χ4n) is 1.97. The first-order chi connectivity index (χ1) is 8.95. The molecule has 0 unspecified atom stereocenters. The van der Waals surface area contributed by atoms with Gasteiger partial charge in [-0.15, -0.1) is 0 Å². The van der Waals surface area contributed by atoms with Crippen molar-refractivity contribution in [2.45, 2.75) is 34.2 Å². The summed E-state index contributed by atoms with van der Waals surface area (Å²) < 4.78 is 1.60. The summed E-state index contributed by atoms with van der Waals surface area (Å²) in [6.45, 7) is 7.96. The summed E-state index contributed by atoms with van der Waals surface area (Å²) in [6.07, 6.45) is 0. The lowest BCUT2D eigenvalue weighted by atomic mass is 10.2. The van der Waals surface area contributed by atoms with Crippen LogP contribution in [-0.4, -0.2) is 25.9 Å². The van der Waals surface area contributed by atoms with E-state index in [1.807, 2.05) is 20.8 Å². The summed E-state index contributed by atoms with van der Waals surface area (Å²) in [4.78, 5) is 12.3. The van der Waals surface area contributed by atoms with Gasteiger partial charge in [-0.2, -0.15) is 10.2 Å². The number of amides is 1. The predicted octanol–water partition coefficient (Wildman–Crippen LogP) is 1.39. The molecule has 0 aromatic carbocycles. The number of aromatic amines is 1. The Bertz CT molecular complexity index is 605. The molecule has 19 heavy (non-hydrogen) atoms. The van der Waals surface area contributed by atoms with E-state index >= 15 is 0 Å². The standard InChI is InChI=1S/C12H18N6O/c1-5-18-11(9(13)6(2)17-18)12(19)14-10-7(3)15-16-8(10)4/h5,13H2,1-4H3,(H,14,19)(H,15,16). The molecule has 0 aliphatic rings. The van der Waals surface area contributed by atoms with Gasteiger partial charge in [-0.05, 0) is 27.7 Å². The maximum atomic E-state index is 12.3. The third-order valence-corrected chi connectivity index (χ3v) is 3.05. The molecule has 0 saturated carbocycles. The van der Waals surface area contributed by atoms with Crippen LogP contribution in [0, 0.1) is 20.8 Å². The van der Waals surface area contributed by atoms with Crippen molar-refractivity contribution < 1.29 is 4.79 Å². The molecular weight excluding hydrogens is 244 g/mol. The van der Waals surface area contributed by atoms with E-state index in [2.05, 4.69) is 20.6 Å². The largest absolute Gasteiger partial charge is 0.395 e. The zero-order chi connectivity index (χ0) is 14.2. The topological polar surface area (TPSA) is 102 Å². The average molecular weight is 262 g/mol. The number of hydrogen-bond donors (Lipinski definition) is 3. The third kappa shape index (κ3) is 2.18. The van der Waals surface area contributed by atoms with Gasteiger partial charge < -0.3 is 11.1 Å². The number of nitrogens with zero attached hydrogens (tertiary/aromatic N) is 3. The molecule has 2 aromatic rings. The Hall–Kier alpha value is -2.31. The molecule has 0 saturated heterocycles. The van der Waals surface area contributed by atoms with E-state index in [1.165, 1.54) is 0 Å². The van der Waals surface area contributed by atoms with Crippen molar-refractivity contribution in [3.05, 3.63) is 22.8 Å². The lowest BCUT2D eigenvalue weighted by Crippen LogP contribution is -2.19. The fraction of sp³-hybridized carbons (Fsp3) is 0.417. The lowest BCUT2D eigenvalue weighted by Gasteiger charge is -2.07. The number of rotatable bonds is 3. The van der Waals surface area contributed by atoms with Crippen LogP contribution >= 0.6 is 0 Å². The Morgan fingerprint density at radius 3 is 2.58 bits per heavy atom. The van der Waals surface area contributed by atoms with Gasteiger partial charge in [0.05, 0.1) is 28.5 Å². The molecule has 0 bridgehead atoms. The van der Waals surface area contributed by atoms with E-state index in [0.29, 0.717) is 29.3 Å². The second kappa shape index (κ2) is 4.75. The van der Waals surface area contributed by atoms with E-state index in [0.717, 1.165) is 11.4 Å². The zero-order valence-electron chi connectivity index (χ0n) is 11.5. The van der Waals surface area contributed by atoms with Gasteiger partial charge in [-0.3, -0.25) is 14.6 Å². The van der Waals surface area contributed by atoms with Crippen molar-refractivity contribution in [1.29, 1.82) is 0 Å². The molecule has 0 aliphatic heterocycles. The van der Waals surface area contributed by atoms with Crippen molar-refractivity contribution >= 4 is 17.3 Å². The van der Waals surface area contributed by atoms with Crippen molar-refractivity contribution in [2.75, 3.05) is 11.1 Å². The zero-order valence-corrected chi connectivity index (χ0v) is 11.5. The quantitative estimate of drug-likeness (QED) is 0.777. The molecule has 2 aromatic heterocycles. The van der Waals surface area contributed by atoms with E-state index in [-0.39, 0.29) is 5.91 Å². The Morgan fingerprint density at radius 2 is 2.05 bits per heavy atom. The minimum absolute atomic E-state index is 0.271. The van der Waals surface area contributed by atoms with Crippen molar-refractivity contribution in [1.82, 2.24) is 20.0 Å². The fourth-order valence-corrected chi connectivity index (χ4v) is 1.97. The molecule has 7 heteroatoms. The number of anilines is 2. The van der Waals surface area contributed by atoms with Gasteiger partial charge >= 0.3 is 0 Å². The molecule has 0 spiro atoms. The van der Waals surface area contributed by atoms with Crippen molar-refractivity contribution in [3.8, 4) is 0 Å². The maximum Gasteiger partial charge on any atom is 0.276 e. The monoisotopic (exact) mass is 262 g/mol. The normalized spacial score (nSPS) is 10.7. The van der Waals surface area contributed by atoms with E-state index in [1.54, 1.807) is 11.6 Å². The Labute approximate surface area is 111 Å². The number of carbonyl (C=O) groups is 1. The molecule has 7 nitrogen and oxygen atoms in total. The SMILES string of the molecule is CCn1nc(C)c(N)c1C(=O)Nc1c(C)n[nH]c1C. The Balaban J connectivity index is 2.36. The smallest absolute Gasteiger partial charge is 0.276 e. The van der Waals surface area contributed by atoms with Gasteiger partial charge in [0.2, 0.25) is 0 Å². The minimum Gasteiger partial charge on any atom is -0.395 e. The van der Waals surface area contributed by atoms with Gasteiger partial charge in [-0.25, -0.2) is 0 Å². The highest BCUT2D eigenvalue weighted by Crippen LogP contribution is 2.21. The molecule has 4 N–H and O–H groups in total. The molecule has 0 aliphatic carbocycles. The van der Waals surface area contributed by atoms with E-state index < -0.39 is 0 Å². The Morgan fingerprint density at radius 1 is 1.37 bits per heavy atom. The summed E-state index contributed by atoms with van der Waals surface area (Å²) in [5.74, 6) is -0.271. The predicted molar refractivity (Wildman–Crippen MR) is 73.1 cm³/mol. The average Bonchev–Trinajstić information content (AvgIpc) is 2.84. The highest BCUT2D eigenvalue weighted by Gasteiger charge is 2.20. The number of hydrogen-bond acceptors (Lipinski definition) is 4. The minimum atomic E-state index is -0.271. The van der Waals surface area contributed by atoms with Crippen LogP contribution in [0.2, 0.25) is 0 Å². The van der Waals surface area contributed by atoms with E-state index in [4.69, 9.17) is 5.73 Å². The van der Waals surface area contributed by atoms with Crippen LogP contribution in [0.3, 0.4) is 0 Å². The van der Waals surface area contributed by atoms with Crippen LogP contribution < -0.4 is 11.1 Å². The van der Waals surface area contributed by atoms with Gasteiger partial charge in [0.1, 0.15) is 5.69 Å². The van der Waals surface area contributed by atoms with Gasteiger partial charge in [-0.1, -0.05) is 0 Å². The number of carbonyl (C=O) groups excluding carboxylic acids is 1. The van der Waals surface area contributed by atoms with Crippen LogP contribution in [0.15, 0.2) is 0 Å². The second-order valence-corrected chi connectivity index (χ2v) is 4.43. The number of H-pyrrole nitrogens is 1. The summed E-state index contributed by atoms with van der Waals surface area (Å²) >= 11 is 0. The first kappa shape index (κ1) is 13.1. The molecule has 0 fully saturated rings. The maximum absolute atomic E-state index is 12.3. The molecule has 2 rings (SSSR count). The number of nitrogen functional groups attached to an aromatic ring is 1. The summed E-state index contributed by atoms with van der Waals surface area (Å²) in [5.41, 5.74) is 9.62. The number of aryl methyl sites for hydroxylation is 4. The van der Waals surface area contributed by atoms with Gasteiger partial charge in [0, 0.05) is 6.54 Å². The molecule has 0 radical (unpaired) electrons. The van der Waals surface area contributed by atoms with Crippen LogP contribution in [0.5, 0.6) is 0 Å². The first-order valence-electron chi connectivity index (χ1n) is 6.11. The van der Waals surface area contributed by atoms with E-state index in [9.17, 15) is 4.79 Å².